The summed E-state index contributed by atoms with van der Waals surface area (Å²) in [4.78, 5) is 7.65. The maximum absolute atomic E-state index is 12.3. The molecular weight excluding hydrogens is 261 g/mol. The lowest BCUT2D eigenvalue weighted by Gasteiger charge is -2.21. The molecular formula is C11H15F3N4O. The van der Waals surface area contributed by atoms with Crippen LogP contribution in [-0.2, 0) is 6.54 Å². The van der Waals surface area contributed by atoms with Crippen LogP contribution < -0.4 is 0 Å². The Balaban J connectivity index is 1.50. The first-order chi connectivity index (χ1) is 8.99. The van der Waals surface area contributed by atoms with Gasteiger partial charge in [0, 0.05) is 26.2 Å². The van der Waals surface area contributed by atoms with Gasteiger partial charge in [0.1, 0.15) is 0 Å². The van der Waals surface area contributed by atoms with Crippen LogP contribution in [0.1, 0.15) is 5.89 Å². The molecule has 0 aliphatic carbocycles. The lowest BCUT2D eigenvalue weighted by atomic mass is 10.0. The second-order valence-corrected chi connectivity index (χ2v) is 5.36. The van der Waals surface area contributed by atoms with Gasteiger partial charge in [-0.15, -0.1) is 0 Å². The van der Waals surface area contributed by atoms with Gasteiger partial charge in [-0.2, -0.15) is 18.2 Å². The molecule has 2 aliphatic heterocycles. The quantitative estimate of drug-likeness (QED) is 0.824. The van der Waals surface area contributed by atoms with Crippen LogP contribution in [0.3, 0.4) is 0 Å². The zero-order valence-corrected chi connectivity index (χ0v) is 10.3. The van der Waals surface area contributed by atoms with E-state index in [0.717, 1.165) is 13.1 Å². The molecule has 1 aromatic heterocycles. The third-order valence-electron chi connectivity index (χ3n) is 3.81. The molecule has 0 radical (unpaired) electrons. The van der Waals surface area contributed by atoms with Crippen LogP contribution in [-0.4, -0.2) is 58.8 Å². The Hall–Kier alpha value is -1.15. The number of hydrogen-bond donors (Lipinski definition) is 0. The van der Waals surface area contributed by atoms with Crippen molar-refractivity contribution >= 4 is 0 Å². The molecule has 3 heterocycles. The van der Waals surface area contributed by atoms with Crippen molar-refractivity contribution in [2.45, 2.75) is 12.7 Å². The van der Waals surface area contributed by atoms with Gasteiger partial charge in [-0.1, -0.05) is 5.16 Å². The first-order valence-electron chi connectivity index (χ1n) is 6.26. The molecule has 2 saturated heterocycles. The molecule has 0 bridgehead atoms. The maximum Gasteiger partial charge on any atom is 0.401 e. The lowest BCUT2D eigenvalue weighted by Crippen LogP contribution is -2.35. The summed E-state index contributed by atoms with van der Waals surface area (Å²) in [5.41, 5.74) is 0. The van der Waals surface area contributed by atoms with Gasteiger partial charge in [-0.3, -0.25) is 9.80 Å². The standard InChI is InChI=1S/C11H15F3N4O/c12-11(13,14)6-18-3-8-1-17(2-9(8)4-18)5-10-15-7-16-19-10/h7-9H,1-6H2. The van der Waals surface area contributed by atoms with E-state index < -0.39 is 12.7 Å². The normalized spacial score (nSPS) is 29.0. The monoisotopic (exact) mass is 276 g/mol. The minimum atomic E-state index is -4.10. The molecule has 106 valence electrons. The third-order valence-corrected chi connectivity index (χ3v) is 3.81. The summed E-state index contributed by atoms with van der Waals surface area (Å²) in [6.07, 6.45) is -2.74. The molecule has 2 fully saturated rings. The van der Waals surface area contributed by atoms with Crippen LogP contribution in [0, 0.1) is 11.8 Å². The van der Waals surface area contributed by atoms with Crippen LogP contribution in [0.4, 0.5) is 13.2 Å². The highest BCUT2D eigenvalue weighted by Crippen LogP contribution is 2.33. The average Bonchev–Trinajstić information content (AvgIpc) is 2.92. The number of nitrogens with zero attached hydrogens (tertiary/aromatic N) is 4. The zero-order valence-electron chi connectivity index (χ0n) is 10.3. The number of halogens is 3. The fraction of sp³-hybridized carbons (Fsp3) is 0.818. The molecule has 0 saturated carbocycles. The van der Waals surface area contributed by atoms with E-state index in [1.807, 2.05) is 0 Å². The van der Waals surface area contributed by atoms with Crippen molar-refractivity contribution < 1.29 is 17.7 Å². The van der Waals surface area contributed by atoms with Gasteiger partial charge in [0.2, 0.25) is 5.89 Å². The van der Waals surface area contributed by atoms with Crippen molar-refractivity contribution in [3.63, 3.8) is 0 Å². The number of likely N-dealkylation sites (tertiary alicyclic amines) is 2. The van der Waals surface area contributed by atoms with E-state index in [2.05, 4.69) is 15.0 Å². The highest BCUT2D eigenvalue weighted by Gasteiger charge is 2.43. The number of alkyl halides is 3. The van der Waals surface area contributed by atoms with Crippen LogP contribution in [0.25, 0.3) is 0 Å². The summed E-state index contributed by atoms with van der Waals surface area (Å²) in [6, 6.07) is 0. The Morgan fingerprint density at radius 3 is 2.32 bits per heavy atom. The number of fused-ring (bicyclic) bond motifs is 1. The summed E-state index contributed by atoms with van der Waals surface area (Å²) in [5, 5.41) is 3.54. The smallest absolute Gasteiger partial charge is 0.338 e. The fourth-order valence-electron chi connectivity index (χ4n) is 3.16. The van der Waals surface area contributed by atoms with Crippen LogP contribution in [0.15, 0.2) is 10.9 Å². The minimum Gasteiger partial charge on any atom is -0.338 e. The van der Waals surface area contributed by atoms with Crippen LogP contribution in [0.2, 0.25) is 0 Å². The number of hydrogen-bond acceptors (Lipinski definition) is 5. The van der Waals surface area contributed by atoms with E-state index in [9.17, 15) is 13.2 Å². The molecule has 1 aromatic rings. The Kier molecular flexibility index (Phi) is 3.22. The topological polar surface area (TPSA) is 45.4 Å². The van der Waals surface area contributed by atoms with E-state index in [4.69, 9.17) is 4.52 Å². The molecule has 19 heavy (non-hydrogen) atoms. The van der Waals surface area contributed by atoms with Crippen molar-refractivity contribution in [3.8, 4) is 0 Å². The predicted octanol–water partition coefficient (Wildman–Crippen LogP) is 0.995. The largest absolute Gasteiger partial charge is 0.401 e. The third kappa shape index (κ3) is 3.06. The summed E-state index contributed by atoms with van der Waals surface area (Å²) in [7, 11) is 0. The first-order valence-corrected chi connectivity index (χ1v) is 6.26. The molecule has 8 heteroatoms. The molecule has 0 aromatic carbocycles. The Labute approximate surface area is 108 Å². The molecule has 2 unspecified atom stereocenters. The van der Waals surface area contributed by atoms with Crippen molar-refractivity contribution in [3.05, 3.63) is 12.2 Å². The predicted molar refractivity (Wildman–Crippen MR) is 59.1 cm³/mol. The zero-order chi connectivity index (χ0) is 13.5. The summed E-state index contributed by atoms with van der Waals surface area (Å²) < 4.78 is 41.9. The van der Waals surface area contributed by atoms with E-state index in [1.54, 1.807) is 0 Å². The van der Waals surface area contributed by atoms with Crippen molar-refractivity contribution in [1.29, 1.82) is 0 Å². The highest BCUT2D eigenvalue weighted by atomic mass is 19.4. The van der Waals surface area contributed by atoms with Gasteiger partial charge in [0.25, 0.3) is 0 Å². The molecule has 0 amide bonds. The Morgan fingerprint density at radius 1 is 1.16 bits per heavy atom. The van der Waals surface area contributed by atoms with Crippen molar-refractivity contribution in [2.75, 3.05) is 32.7 Å². The summed E-state index contributed by atoms with van der Waals surface area (Å²) in [5.74, 6) is 1.21. The second kappa shape index (κ2) is 4.75. The highest BCUT2D eigenvalue weighted by molar-refractivity contribution is 4.94. The fourth-order valence-corrected chi connectivity index (χ4v) is 3.16. The molecule has 2 aliphatic rings. The van der Waals surface area contributed by atoms with E-state index in [1.165, 1.54) is 11.2 Å². The van der Waals surface area contributed by atoms with E-state index in [-0.39, 0.29) is 0 Å². The second-order valence-electron chi connectivity index (χ2n) is 5.36. The van der Waals surface area contributed by atoms with Gasteiger partial charge >= 0.3 is 6.18 Å². The van der Waals surface area contributed by atoms with E-state index in [0.29, 0.717) is 37.4 Å². The average molecular weight is 276 g/mol. The molecule has 0 spiro atoms. The lowest BCUT2D eigenvalue weighted by molar-refractivity contribution is -0.144. The van der Waals surface area contributed by atoms with Gasteiger partial charge < -0.3 is 4.52 Å². The maximum atomic E-state index is 12.3. The summed E-state index contributed by atoms with van der Waals surface area (Å²) >= 11 is 0. The van der Waals surface area contributed by atoms with Gasteiger partial charge in [-0.25, -0.2) is 0 Å². The first kappa shape index (κ1) is 12.9. The molecule has 3 rings (SSSR count). The van der Waals surface area contributed by atoms with Gasteiger partial charge in [0.15, 0.2) is 6.33 Å². The SMILES string of the molecule is FC(F)(F)CN1CC2CN(Cc3ncno3)CC2C1. The van der Waals surface area contributed by atoms with Gasteiger partial charge in [0.05, 0.1) is 13.1 Å². The Bertz CT molecular complexity index is 408. The summed E-state index contributed by atoms with van der Waals surface area (Å²) in [6.45, 7) is 2.48. The Morgan fingerprint density at radius 2 is 1.79 bits per heavy atom. The van der Waals surface area contributed by atoms with Crippen LogP contribution in [0.5, 0.6) is 0 Å². The molecule has 5 nitrogen and oxygen atoms in total. The molecule has 2 atom stereocenters. The number of aromatic nitrogens is 2. The molecule has 0 N–H and O–H groups in total. The minimum absolute atomic E-state index is 0.324. The van der Waals surface area contributed by atoms with Crippen molar-refractivity contribution in [1.82, 2.24) is 19.9 Å². The van der Waals surface area contributed by atoms with Crippen LogP contribution >= 0.6 is 0 Å². The van der Waals surface area contributed by atoms with E-state index >= 15 is 0 Å². The number of rotatable bonds is 3. The van der Waals surface area contributed by atoms with Gasteiger partial charge in [-0.05, 0) is 11.8 Å². The van der Waals surface area contributed by atoms with Crippen molar-refractivity contribution in [2.24, 2.45) is 11.8 Å².